The lowest BCUT2D eigenvalue weighted by Gasteiger charge is -2.26. The van der Waals surface area contributed by atoms with Crippen LogP contribution in [0.4, 0.5) is 0 Å². The maximum Gasteiger partial charge on any atom is 0.331 e. The summed E-state index contributed by atoms with van der Waals surface area (Å²) in [4.78, 5) is 27.5. The smallest absolute Gasteiger partial charge is 0.331 e. The van der Waals surface area contributed by atoms with Gasteiger partial charge in [-0.15, -0.1) is 0 Å². The molecule has 1 aliphatic rings. The lowest BCUT2D eigenvalue weighted by molar-refractivity contribution is -0.142. The molecule has 2 unspecified atom stereocenters. The van der Waals surface area contributed by atoms with Gasteiger partial charge in [-0.05, 0) is 17.7 Å². The molecule has 27 heavy (non-hydrogen) atoms. The van der Waals surface area contributed by atoms with E-state index in [9.17, 15) is 9.59 Å². The third-order valence-corrected chi connectivity index (χ3v) is 4.70. The first-order valence-corrected chi connectivity index (χ1v) is 8.91. The van der Waals surface area contributed by atoms with Crippen LogP contribution in [0.15, 0.2) is 91.0 Å². The predicted molar refractivity (Wildman–Crippen MR) is 102 cm³/mol. The van der Waals surface area contributed by atoms with Crippen LogP contribution < -0.4 is 0 Å². The van der Waals surface area contributed by atoms with Crippen LogP contribution in [-0.2, 0) is 16.0 Å². The first-order chi connectivity index (χ1) is 13.2. The highest BCUT2D eigenvalue weighted by atomic mass is 16.6. The van der Waals surface area contributed by atoms with Crippen LogP contribution in [0.1, 0.15) is 27.7 Å². The first kappa shape index (κ1) is 17.0. The number of hydrogen-bond acceptors (Lipinski definition) is 3. The van der Waals surface area contributed by atoms with Crippen molar-refractivity contribution in [3.8, 4) is 0 Å². The molecule has 1 saturated heterocycles. The van der Waals surface area contributed by atoms with E-state index in [1.54, 1.807) is 17.0 Å². The summed E-state index contributed by atoms with van der Waals surface area (Å²) in [6, 6.07) is 27.4. The SMILES string of the molecule is O=C1OC(c2ccccc2)N(C(=O)c2ccccc2)C1Cc1ccccc1. The Morgan fingerprint density at radius 2 is 1.37 bits per heavy atom. The summed E-state index contributed by atoms with van der Waals surface area (Å²) >= 11 is 0. The van der Waals surface area contributed by atoms with Crippen molar-refractivity contribution < 1.29 is 14.3 Å². The first-order valence-electron chi connectivity index (χ1n) is 8.91. The van der Waals surface area contributed by atoms with Crippen molar-refractivity contribution in [2.24, 2.45) is 0 Å². The summed E-state index contributed by atoms with van der Waals surface area (Å²) < 4.78 is 5.65. The molecule has 1 heterocycles. The summed E-state index contributed by atoms with van der Waals surface area (Å²) in [5.74, 6) is -0.590. The molecule has 0 N–H and O–H groups in total. The van der Waals surface area contributed by atoms with Crippen molar-refractivity contribution in [2.45, 2.75) is 18.7 Å². The highest BCUT2D eigenvalue weighted by Crippen LogP contribution is 2.34. The normalized spacial score (nSPS) is 19.0. The molecule has 2 atom stereocenters. The van der Waals surface area contributed by atoms with Gasteiger partial charge < -0.3 is 4.74 Å². The number of carbonyl (C=O) groups is 2. The molecule has 0 aliphatic carbocycles. The number of amides is 1. The molecule has 134 valence electrons. The Kier molecular flexibility index (Phi) is 4.71. The molecule has 0 bridgehead atoms. The second-order valence-electron chi connectivity index (χ2n) is 6.48. The second-order valence-corrected chi connectivity index (χ2v) is 6.48. The molecule has 0 saturated carbocycles. The Balaban J connectivity index is 1.72. The molecule has 4 nitrogen and oxygen atoms in total. The molecular weight excluding hydrogens is 338 g/mol. The maximum atomic E-state index is 13.3. The summed E-state index contributed by atoms with van der Waals surface area (Å²) in [6.07, 6.45) is -0.304. The third-order valence-electron chi connectivity index (χ3n) is 4.70. The molecule has 4 rings (SSSR count). The van der Waals surface area contributed by atoms with Crippen LogP contribution in [0.25, 0.3) is 0 Å². The van der Waals surface area contributed by atoms with E-state index in [1.807, 2.05) is 78.9 Å². The molecule has 0 radical (unpaired) electrons. The van der Waals surface area contributed by atoms with Gasteiger partial charge in [0.25, 0.3) is 5.91 Å². The van der Waals surface area contributed by atoms with E-state index in [4.69, 9.17) is 4.74 Å². The van der Waals surface area contributed by atoms with Crippen LogP contribution >= 0.6 is 0 Å². The summed E-state index contributed by atoms with van der Waals surface area (Å²) in [5, 5.41) is 0. The van der Waals surface area contributed by atoms with E-state index in [0.29, 0.717) is 12.0 Å². The van der Waals surface area contributed by atoms with Crippen molar-refractivity contribution in [3.63, 3.8) is 0 Å². The average Bonchev–Trinajstić information content (AvgIpc) is 3.06. The molecule has 4 heteroatoms. The Bertz CT molecular complexity index is 926. The molecule has 3 aromatic carbocycles. The minimum atomic E-state index is -0.722. The number of nitrogens with zero attached hydrogens (tertiary/aromatic N) is 1. The van der Waals surface area contributed by atoms with Crippen LogP contribution in [0, 0.1) is 0 Å². The van der Waals surface area contributed by atoms with Gasteiger partial charge in [0.2, 0.25) is 6.23 Å². The Labute approximate surface area is 158 Å². The number of ether oxygens (including phenoxy) is 1. The zero-order chi connectivity index (χ0) is 18.6. The number of esters is 1. The van der Waals surface area contributed by atoms with E-state index in [2.05, 4.69) is 0 Å². The van der Waals surface area contributed by atoms with Crippen LogP contribution in [0.2, 0.25) is 0 Å². The minimum Gasteiger partial charge on any atom is -0.435 e. The maximum absolute atomic E-state index is 13.3. The Morgan fingerprint density at radius 3 is 2.00 bits per heavy atom. The van der Waals surface area contributed by atoms with E-state index >= 15 is 0 Å². The average molecular weight is 357 g/mol. The molecule has 0 aromatic heterocycles. The van der Waals surface area contributed by atoms with Crippen LogP contribution in [-0.4, -0.2) is 22.8 Å². The largest absolute Gasteiger partial charge is 0.435 e. The van der Waals surface area contributed by atoms with Crippen molar-refractivity contribution in [1.82, 2.24) is 4.90 Å². The highest BCUT2D eigenvalue weighted by Gasteiger charge is 2.45. The van der Waals surface area contributed by atoms with Gasteiger partial charge in [-0.3, -0.25) is 9.69 Å². The molecular formula is C23H19NO3. The van der Waals surface area contributed by atoms with Gasteiger partial charge in [-0.25, -0.2) is 4.79 Å². The molecule has 1 amide bonds. The predicted octanol–water partition coefficient (Wildman–Crippen LogP) is 4.00. The van der Waals surface area contributed by atoms with E-state index in [1.165, 1.54) is 0 Å². The topological polar surface area (TPSA) is 46.6 Å². The van der Waals surface area contributed by atoms with Gasteiger partial charge in [0.15, 0.2) is 0 Å². The van der Waals surface area contributed by atoms with Crippen LogP contribution in [0.3, 0.4) is 0 Å². The zero-order valence-electron chi connectivity index (χ0n) is 14.7. The van der Waals surface area contributed by atoms with Gasteiger partial charge in [0, 0.05) is 17.5 Å². The summed E-state index contributed by atoms with van der Waals surface area (Å²) in [5.41, 5.74) is 2.31. The van der Waals surface area contributed by atoms with Crippen molar-refractivity contribution in [3.05, 3.63) is 108 Å². The number of benzene rings is 3. The van der Waals surface area contributed by atoms with E-state index in [-0.39, 0.29) is 11.9 Å². The number of cyclic esters (lactones) is 1. The summed E-state index contributed by atoms with van der Waals surface area (Å²) in [6.45, 7) is 0. The molecule has 1 aliphatic heterocycles. The Morgan fingerprint density at radius 1 is 0.815 bits per heavy atom. The monoisotopic (exact) mass is 357 g/mol. The summed E-state index contributed by atoms with van der Waals surface area (Å²) in [7, 11) is 0. The van der Waals surface area contributed by atoms with Crippen molar-refractivity contribution in [1.29, 1.82) is 0 Å². The fourth-order valence-electron chi connectivity index (χ4n) is 3.37. The third kappa shape index (κ3) is 3.47. The highest BCUT2D eigenvalue weighted by molar-refractivity contribution is 5.98. The van der Waals surface area contributed by atoms with E-state index in [0.717, 1.165) is 11.1 Å². The minimum absolute atomic E-state index is 0.212. The van der Waals surface area contributed by atoms with Gasteiger partial charge in [-0.1, -0.05) is 78.9 Å². The molecule has 0 spiro atoms. The van der Waals surface area contributed by atoms with Gasteiger partial charge in [0.05, 0.1) is 0 Å². The number of rotatable bonds is 4. The lowest BCUT2D eigenvalue weighted by atomic mass is 10.0. The van der Waals surface area contributed by atoms with Gasteiger partial charge in [-0.2, -0.15) is 0 Å². The van der Waals surface area contributed by atoms with E-state index < -0.39 is 12.3 Å². The molecule has 1 fully saturated rings. The number of carbonyl (C=O) groups excluding carboxylic acids is 2. The molecule has 3 aromatic rings. The Hall–Kier alpha value is -3.40. The quantitative estimate of drug-likeness (QED) is 0.663. The fourth-order valence-corrected chi connectivity index (χ4v) is 3.37. The van der Waals surface area contributed by atoms with Crippen molar-refractivity contribution in [2.75, 3.05) is 0 Å². The lowest BCUT2D eigenvalue weighted by Crippen LogP contribution is -2.40. The fraction of sp³-hybridized carbons (Fsp3) is 0.130. The zero-order valence-corrected chi connectivity index (χ0v) is 14.7. The van der Waals surface area contributed by atoms with Gasteiger partial charge in [0.1, 0.15) is 6.04 Å². The van der Waals surface area contributed by atoms with Crippen molar-refractivity contribution >= 4 is 11.9 Å². The standard InChI is InChI=1S/C23H19NO3/c25-21(18-12-6-2-7-13-18)24-20(16-17-10-4-1-5-11-17)23(26)27-22(24)19-14-8-3-9-15-19/h1-15,20,22H,16H2. The number of hydrogen-bond donors (Lipinski definition) is 0. The second kappa shape index (κ2) is 7.46. The van der Waals surface area contributed by atoms with Crippen LogP contribution in [0.5, 0.6) is 0 Å². The van der Waals surface area contributed by atoms with Gasteiger partial charge >= 0.3 is 5.97 Å².